The van der Waals surface area contributed by atoms with Crippen LogP contribution in [0.4, 0.5) is 0 Å². The van der Waals surface area contributed by atoms with Gasteiger partial charge in [-0.25, -0.2) is 9.59 Å². The maximum Gasteiger partial charge on any atom is 0.338 e. The van der Waals surface area contributed by atoms with Crippen LogP contribution in [0.1, 0.15) is 10.4 Å². The molecule has 0 amide bonds. The molecule has 0 unspecified atom stereocenters. The number of carboxylic acid groups (broad SMARTS) is 1. The Morgan fingerprint density at radius 2 is 1.50 bits per heavy atom. The fraction of sp³-hybridized carbons (Fsp3) is 0.579. The first-order chi connectivity index (χ1) is 15.1. The van der Waals surface area contributed by atoms with Crippen molar-refractivity contribution in [1.29, 1.82) is 0 Å². The Morgan fingerprint density at radius 1 is 0.844 bits per heavy atom. The van der Waals surface area contributed by atoms with Crippen molar-refractivity contribution in [3.63, 3.8) is 0 Å². The first-order valence-electron chi connectivity index (χ1n) is 9.61. The lowest BCUT2D eigenvalue weighted by Gasteiger charge is -2.42. The fourth-order valence-electron chi connectivity index (χ4n) is 3.34. The Bertz CT molecular complexity index is 789. The third kappa shape index (κ3) is 5.06. The first kappa shape index (κ1) is 24.4. The van der Waals surface area contributed by atoms with Gasteiger partial charge in [0.2, 0.25) is 0 Å². The minimum absolute atomic E-state index is 0.131. The number of carboxylic acids is 1. The summed E-state index contributed by atoms with van der Waals surface area (Å²) in [5.74, 6) is -2.49. The molecule has 1 aromatic rings. The van der Waals surface area contributed by atoms with Crippen LogP contribution in [0.25, 0.3) is 0 Å². The summed E-state index contributed by atoms with van der Waals surface area (Å²) in [7, 11) is 0. The minimum atomic E-state index is -1.92. The monoisotopic (exact) mass is 460 g/mol. The van der Waals surface area contributed by atoms with Gasteiger partial charge in [-0.3, -0.25) is 0 Å². The summed E-state index contributed by atoms with van der Waals surface area (Å²) in [6.45, 7) is -0.638. The molecule has 7 N–H and O–H groups in total. The molecule has 32 heavy (non-hydrogen) atoms. The highest BCUT2D eigenvalue weighted by Gasteiger charge is 2.50. The number of carbonyl (C=O) groups is 2. The van der Waals surface area contributed by atoms with E-state index >= 15 is 0 Å². The van der Waals surface area contributed by atoms with Crippen molar-refractivity contribution in [3.05, 3.63) is 35.9 Å². The van der Waals surface area contributed by atoms with Crippen molar-refractivity contribution in [1.82, 2.24) is 0 Å². The van der Waals surface area contributed by atoms with Crippen LogP contribution in [0.2, 0.25) is 0 Å². The van der Waals surface area contributed by atoms with Crippen LogP contribution in [0, 0.1) is 0 Å². The quantitative estimate of drug-likeness (QED) is 0.206. The van der Waals surface area contributed by atoms with E-state index in [4.69, 9.17) is 24.1 Å². The molecule has 0 radical (unpaired) electrons. The van der Waals surface area contributed by atoms with E-state index in [0.29, 0.717) is 0 Å². The molecule has 2 heterocycles. The van der Waals surface area contributed by atoms with Crippen LogP contribution in [-0.2, 0) is 23.7 Å². The van der Waals surface area contributed by atoms with Crippen LogP contribution in [0.3, 0.4) is 0 Å². The maximum atomic E-state index is 12.3. The SMILES string of the molecule is O=C(O[C@@H]1[C@@H](O)[C@H](O)O[C@H](CO[C@@H]2O[C@H](C(=O)O)[C@@H](O)[C@H](O)[C@H]2O)[C@H]1O)c1ccccc1. The highest BCUT2D eigenvalue weighted by atomic mass is 16.7. The number of rotatable bonds is 6. The second-order valence-corrected chi connectivity index (χ2v) is 7.35. The number of esters is 1. The number of aliphatic hydroxyl groups is 6. The normalized spacial score (nSPS) is 39.9. The second kappa shape index (κ2) is 10.2. The smallest absolute Gasteiger partial charge is 0.338 e. The average Bonchev–Trinajstić information content (AvgIpc) is 2.77. The molecular formula is C19H24O13. The summed E-state index contributed by atoms with van der Waals surface area (Å²) in [6, 6.07) is 7.70. The molecule has 0 aromatic heterocycles. The lowest BCUT2D eigenvalue weighted by atomic mass is 9.98. The topological polar surface area (TPSA) is 213 Å². The Hall–Kier alpha value is -2.20. The van der Waals surface area contributed by atoms with Gasteiger partial charge < -0.3 is 54.7 Å². The van der Waals surface area contributed by atoms with Gasteiger partial charge >= 0.3 is 11.9 Å². The van der Waals surface area contributed by atoms with E-state index in [-0.39, 0.29) is 5.56 Å². The van der Waals surface area contributed by atoms with Gasteiger partial charge in [0.15, 0.2) is 24.8 Å². The van der Waals surface area contributed by atoms with Crippen molar-refractivity contribution < 1.29 is 64.3 Å². The van der Waals surface area contributed by atoms with Crippen LogP contribution < -0.4 is 0 Å². The molecule has 3 rings (SSSR count). The summed E-state index contributed by atoms with van der Waals surface area (Å²) < 4.78 is 20.3. The summed E-state index contributed by atoms with van der Waals surface area (Å²) in [4.78, 5) is 23.4. The van der Waals surface area contributed by atoms with Gasteiger partial charge in [0.05, 0.1) is 12.2 Å². The maximum absolute atomic E-state index is 12.3. The van der Waals surface area contributed by atoms with Gasteiger partial charge in [-0.2, -0.15) is 0 Å². The van der Waals surface area contributed by atoms with Crippen molar-refractivity contribution in [2.75, 3.05) is 6.61 Å². The zero-order valence-corrected chi connectivity index (χ0v) is 16.4. The lowest BCUT2D eigenvalue weighted by molar-refractivity contribution is -0.321. The van der Waals surface area contributed by atoms with E-state index in [1.54, 1.807) is 18.2 Å². The Morgan fingerprint density at radius 3 is 2.12 bits per heavy atom. The molecule has 2 aliphatic rings. The number of aliphatic carboxylic acids is 1. The van der Waals surface area contributed by atoms with Gasteiger partial charge in [-0.05, 0) is 12.1 Å². The van der Waals surface area contributed by atoms with E-state index in [9.17, 15) is 40.2 Å². The van der Waals surface area contributed by atoms with Crippen LogP contribution >= 0.6 is 0 Å². The second-order valence-electron chi connectivity index (χ2n) is 7.35. The van der Waals surface area contributed by atoms with E-state index in [2.05, 4.69) is 0 Å². The highest BCUT2D eigenvalue weighted by molar-refractivity contribution is 5.89. The zero-order chi connectivity index (χ0) is 23.6. The van der Waals surface area contributed by atoms with Crippen LogP contribution in [0.5, 0.6) is 0 Å². The van der Waals surface area contributed by atoms with E-state index < -0.39 is 80.0 Å². The molecule has 13 nitrogen and oxygen atoms in total. The van der Waals surface area contributed by atoms with Crippen molar-refractivity contribution >= 4 is 11.9 Å². The molecule has 13 heteroatoms. The van der Waals surface area contributed by atoms with Gasteiger partial charge in [-0.1, -0.05) is 18.2 Å². The molecular weight excluding hydrogens is 436 g/mol. The zero-order valence-electron chi connectivity index (χ0n) is 16.4. The number of carbonyl (C=O) groups excluding carboxylic acids is 1. The molecule has 2 fully saturated rings. The number of hydrogen-bond donors (Lipinski definition) is 7. The summed E-state index contributed by atoms with van der Waals surface area (Å²) in [5.41, 5.74) is 0.131. The predicted molar refractivity (Wildman–Crippen MR) is 98.8 cm³/mol. The van der Waals surface area contributed by atoms with Crippen molar-refractivity contribution in [2.24, 2.45) is 0 Å². The molecule has 1 aromatic carbocycles. The number of ether oxygens (including phenoxy) is 4. The number of benzene rings is 1. The molecule has 10 atom stereocenters. The van der Waals surface area contributed by atoms with Crippen LogP contribution in [0.15, 0.2) is 30.3 Å². The third-order valence-corrected chi connectivity index (χ3v) is 5.15. The molecule has 0 spiro atoms. The average molecular weight is 460 g/mol. The molecule has 2 aliphatic heterocycles. The van der Waals surface area contributed by atoms with Crippen molar-refractivity contribution in [2.45, 2.75) is 61.4 Å². The summed E-state index contributed by atoms with van der Waals surface area (Å²) in [5, 5.41) is 69.1. The van der Waals surface area contributed by atoms with Gasteiger partial charge in [0, 0.05) is 0 Å². The van der Waals surface area contributed by atoms with E-state index in [1.165, 1.54) is 12.1 Å². The Labute approximate surface area is 181 Å². The summed E-state index contributed by atoms with van der Waals surface area (Å²) in [6.07, 6.45) is -17.7. The fourth-order valence-corrected chi connectivity index (χ4v) is 3.34. The van der Waals surface area contributed by atoms with Gasteiger partial charge in [-0.15, -0.1) is 0 Å². The summed E-state index contributed by atoms with van der Waals surface area (Å²) >= 11 is 0. The van der Waals surface area contributed by atoms with Crippen LogP contribution in [-0.4, -0.2) is 116 Å². The van der Waals surface area contributed by atoms with E-state index in [1.807, 2.05) is 0 Å². The number of aliphatic hydroxyl groups excluding tert-OH is 6. The molecule has 0 saturated carbocycles. The minimum Gasteiger partial charge on any atom is -0.479 e. The first-order valence-corrected chi connectivity index (χ1v) is 9.61. The predicted octanol–water partition coefficient (Wildman–Crippen LogP) is -3.44. The Balaban J connectivity index is 1.66. The van der Waals surface area contributed by atoms with Gasteiger partial charge in [0.25, 0.3) is 0 Å². The molecule has 178 valence electrons. The molecule has 0 aliphatic carbocycles. The largest absolute Gasteiger partial charge is 0.479 e. The third-order valence-electron chi connectivity index (χ3n) is 5.15. The molecule has 0 bridgehead atoms. The Kier molecular flexibility index (Phi) is 7.76. The standard InChI is InChI=1S/C19H24O13/c20-9-8(6-29-19-12(23)10(21)11(22)15(32-19)16(25)26)30-18(28)13(24)14(9)31-17(27)7-4-2-1-3-5-7/h1-5,8-15,18-24,28H,6H2,(H,25,26)/t8-,9-,10+,11+,12-,13-,14+,15+,18-,19-/m1/s1. The lowest BCUT2D eigenvalue weighted by Crippen LogP contribution is -2.62. The van der Waals surface area contributed by atoms with E-state index in [0.717, 1.165) is 0 Å². The van der Waals surface area contributed by atoms with Crippen molar-refractivity contribution in [3.8, 4) is 0 Å². The number of hydrogen-bond acceptors (Lipinski definition) is 12. The van der Waals surface area contributed by atoms with Gasteiger partial charge in [0.1, 0.15) is 36.6 Å². The molecule has 2 saturated heterocycles. The highest BCUT2D eigenvalue weighted by Crippen LogP contribution is 2.26.